The minimum atomic E-state index is 0.247. The van der Waals surface area contributed by atoms with Gasteiger partial charge in [0.15, 0.2) is 5.65 Å². The van der Waals surface area contributed by atoms with E-state index in [1.165, 1.54) is 5.56 Å². The number of nitrogens with zero attached hydrogens (tertiary/aromatic N) is 5. The van der Waals surface area contributed by atoms with Crippen molar-refractivity contribution < 1.29 is 4.74 Å². The predicted molar refractivity (Wildman–Crippen MR) is 97.5 cm³/mol. The Hall–Kier alpha value is -2.47. The first-order valence-corrected chi connectivity index (χ1v) is 8.83. The molecule has 1 aromatic carbocycles. The molecule has 6 nitrogen and oxygen atoms in total. The summed E-state index contributed by atoms with van der Waals surface area (Å²) in [6, 6.07) is 10.3. The minimum Gasteiger partial charge on any atom is -0.370 e. The van der Waals surface area contributed by atoms with Crippen LogP contribution in [-0.4, -0.2) is 38.9 Å². The van der Waals surface area contributed by atoms with Crippen LogP contribution in [0, 0.1) is 0 Å². The van der Waals surface area contributed by atoms with Gasteiger partial charge in [-0.25, -0.2) is 9.97 Å². The van der Waals surface area contributed by atoms with Crippen molar-refractivity contribution in [2.24, 2.45) is 7.05 Å². The van der Waals surface area contributed by atoms with Gasteiger partial charge in [-0.3, -0.25) is 4.68 Å². The van der Waals surface area contributed by atoms with Gasteiger partial charge in [-0.2, -0.15) is 5.10 Å². The van der Waals surface area contributed by atoms with Crippen molar-refractivity contribution >= 4 is 16.9 Å². The highest BCUT2D eigenvalue weighted by molar-refractivity contribution is 5.87. The number of aryl methyl sites for hydroxylation is 2. The number of fused-ring (bicyclic) bond motifs is 1. The third-order valence-corrected chi connectivity index (χ3v) is 4.57. The summed E-state index contributed by atoms with van der Waals surface area (Å²) in [6.07, 6.45) is 4.02. The van der Waals surface area contributed by atoms with Gasteiger partial charge in [0.1, 0.15) is 11.6 Å². The lowest BCUT2D eigenvalue weighted by Crippen LogP contribution is -2.52. The van der Waals surface area contributed by atoms with Crippen molar-refractivity contribution in [1.82, 2.24) is 19.7 Å². The number of aromatic nitrogens is 4. The molecule has 0 amide bonds. The van der Waals surface area contributed by atoms with Crippen molar-refractivity contribution in [1.29, 1.82) is 0 Å². The number of hydrogen-bond donors (Lipinski definition) is 0. The molecule has 2 aromatic heterocycles. The monoisotopic (exact) mass is 337 g/mol. The number of ether oxygens (including phenoxy) is 1. The van der Waals surface area contributed by atoms with E-state index in [2.05, 4.69) is 34.0 Å². The highest BCUT2D eigenvalue weighted by atomic mass is 16.5. The van der Waals surface area contributed by atoms with Gasteiger partial charge in [0.25, 0.3) is 0 Å². The summed E-state index contributed by atoms with van der Waals surface area (Å²) in [5, 5.41) is 5.37. The van der Waals surface area contributed by atoms with Gasteiger partial charge in [0.05, 0.1) is 24.3 Å². The third-order valence-electron chi connectivity index (χ3n) is 4.57. The van der Waals surface area contributed by atoms with E-state index in [-0.39, 0.29) is 6.10 Å². The third kappa shape index (κ3) is 3.22. The molecule has 0 saturated carbocycles. The molecule has 0 spiro atoms. The SMILES string of the molecule is CCCc1nc(N2CC(OCc3ccccc3)C2)c2cnn(C)c2n1. The largest absolute Gasteiger partial charge is 0.370 e. The summed E-state index contributed by atoms with van der Waals surface area (Å²) in [6.45, 7) is 4.53. The second-order valence-electron chi connectivity index (χ2n) is 6.54. The van der Waals surface area contributed by atoms with Gasteiger partial charge in [-0.1, -0.05) is 37.3 Å². The highest BCUT2D eigenvalue weighted by Gasteiger charge is 2.30. The molecule has 0 aliphatic carbocycles. The summed E-state index contributed by atoms with van der Waals surface area (Å²) in [7, 11) is 1.93. The van der Waals surface area contributed by atoms with Gasteiger partial charge >= 0.3 is 0 Å². The van der Waals surface area contributed by atoms with Crippen molar-refractivity contribution in [3.63, 3.8) is 0 Å². The van der Waals surface area contributed by atoms with E-state index in [4.69, 9.17) is 9.72 Å². The molecule has 0 N–H and O–H groups in total. The van der Waals surface area contributed by atoms with Crippen LogP contribution < -0.4 is 4.90 Å². The molecule has 1 aliphatic rings. The standard InChI is InChI=1S/C19H23N5O/c1-3-7-17-21-18-16(10-20-23(18)2)19(22-17)24-11-15(12-24)25-13-14-8-5-4-6-9-14/h4-6,8-10,15H,3,7,11-13H2,1-2H3. The highest BCUT2D eigenvalue weighted by Crippen LogP contribution is 2.28. The van der Waals surface area contributed by atoms with Crippen molar-refractivity contribution in [2.75, 3.05) is 18.0 Å². The maximum Gasteiger partial charge on any atom is 0.163 e. The maximum atomic E-state index is 6.00. The van der Waals surface area contributed by atoms with Crippen LogP contribution in [0.15, 0.2) is 36.5 Å². The van der Waals surface area contributed by atoms with E-state index in [1.54, 1.807) is 0 Å². The second kappa shape index (κ2) is 6.80. The molecule has 1 fully saturated rings. The zero-order valence-electron chi connectivity index (χ0n) is 14.7. The van der Waals surface area contributed by atoms with E-state index < -0.39 is 0 Å². The van der Waals surface area contributed by atoms with Crippen LogP contribution in [0.2, 0.25) is 0 Å². The van der Waals surface area contributed by atoms with Crippen molar-refractivity contribution in [3.05, 3.63) is 47.9 Å². The normalized spacial score (nSPS) is 14.9. The van der Waals surface area contributed by atoms with Crippen molar-refractivity contribution in [2.45, 2.75) is 32.5 Å². The topological polar surface area (TPSA) is 56.1 Å². The van der Waals surface area contributed by atoms with Crippen LogP contribution in [0.1, 0.15) is 24.7 Å². The van der Waals surface area contributed by atoms with Crippen LogP contribution >= 0.6 is 0 Å². The summed E-state index contributed by atoms with van der Waals surface area (Å²) in [4.78, 5) is 11.7. The van der Waals surface area contributed by atoms with E-state index in [9.17, 15) is 0 Å². The number of benzene rings is 1. The number of hydrogen-bond acceptors (Lipinski definition) is 5. The molecule has 6 heteroatoms. The first-order chi connectivity index (χ1) is 12.2. The Balaban J connectivity index is 1.46. The maximum absolute atomic E-state index is 6.00. The van der Waals surface area contributed by atoms with E-state index in [0.717, 1.165) is 48.6 Å². The molecular weight excluding hydrogens is 314 g/mol. The molecule has 0 radical (unpaired) electrons. The summed E-state index contributed by atoms with van der Waals surface area (Å²) in [5.41, 5.74) is 2.12. The van der Waals surface area contributed by atoms with Gasteiger partial charge in [-0.15, -0.1) is 0 Å². The molecule has 1 saturated heterocycles. The lowest BCUT2D eigenvalue weighted by Gasteiger charge is -2.40. The van der Waals surface area contributed by atoms with Gasteiger partial charge in [0, 0.05) is 26.6 Å². The lowest BCUT2D eigenvalue weighted by molar-refractivity contribution is 0.0222. The molecule has 4 rings (SSSR count). The zero-order valence-corrected chi connectivity index (χ0v) is 14.7. The summed E-state index contributed by atoms with van der Waals surface area (Å²) < 4.78 is 7.83. The average molecular weight is 337 g/mol. The Labute approximate surface area is 147 Å². The fraction of sp³-hybridized carbons (Fsp3) is 0.421. The number of anilines is 1. The first kappa shape index (κ1) is 16.0. The second-order valence-corrected chi connectivity index (χ2v) is 6.54. The van der Waals surface area contributed by atoms with Gasteiger partial charge < -0.3 is 9.64 Å². The molecule has 0 atom stereocenters. The van der Waals surface area contributed by atoms with Crippen LogP contribution in [0.25, 0.3) is 11.0 Å². The van der Waals surface area contributed by atoms with E-state index in [0.29, 0.717) is 6.61 Å². The van der Waals surface area contributed by atoms with Crippen LogP contribution in [-0.2, 0) is 24.8 Å². The Morgan fingerprint density at radius 1 is 1.16 bits per heavy atom. The first-order valence-electron chi connectivity index (χ1n) is 8.83. The summed E-state index contributed by atoms with van der Waals surface area (Å²) in [5.74, 6) is 1.88. The fourth-order valence-electron chi connectivity index (χ4n) is 3.13. The Bertz CT molecular complexity index is 855. The van der Waals surface area contributed by atoms with Crippen LogP contribution in [0.5, 0.6) is 0 Å². The van der Waals surface area contributed by atoms with Crippen molar-refractivity contribution in [3.8, 4) is 0 Å². The Morgan fingerprint density at radius 2 is 1.96 bits per heavy atom. The lowest BCUT2D eigenvalue weighted by atomic mass is 10.1. The van der Waals surface area contributed by atoms with Gasteiger partial charge in [-0.05, 0) is 12.0 Å². The van der Waals surface area contributed by atoms with Crippen LogP contribution in [0.3, 0.4) is 0 Å². The van der Waals surface area contributed by atoms with E-state index in [1.807, 2.05) is 36.1 Å². The fourth-order valence-corrected chi connectivity index (χ4v) is 3.13. The zero-order chi connectivity index (χ0) is 17.2. The van der Waals surface area contributed by atoms with Crippen LogP contribution in [0.4, 0.5) is 5.82 Å². The molecule has 3 heterocycles. The average Bonchev–Trinajstić information content (AvgIpc) is 2.96. The Kier molecular flexibility index (Phi) is 4.36. The molecule has 0 unspecified atom stereocenters. The minimum absolute atomic E-state index is 0.247. The molecule has 130 valence electrons. The quantitative estimate of drug-likeness (QED) is 0.692. The Morgan fingerprint density at radius 3 is 2.72 bits per heavy atom. The van der Waals surface area contributed by atoms with E-state index >= 15 is 0 Å². The van der Waals surface area contributed by atoms with Gasteiger partial charge in [0.2, 0.25) is 0 Å². The molecule has 0 bridgehead atoms. The smallest absolute Gasteiger partial charge is 0.163 e. The summed E-state index contributed by atoms with van der Waals surface area (Å²) >= 11 is 0. The molecule has 1 aliphatic heterocycles. The predicted octanol–water partition coefficient (Wildman–Crippen LogP) is 2.72. The molecule has 3 aromatic rings. The number of rotatable bonds is 6. The molecular formula is C19H23N5O. The molecule has 25 heavy (non-hydrogen) atoms.